The summed E-state index contributed by atoms with van der Waals surface area (Å²) >= 11 is 0. The van der Waals surface area contributed by atoms with Gasteiger partial charge in [0.1, 0.15) is 11.5 Å². The molecule has 0 saturated carbocycles. The third-order valence-electron chi connectivity index (χ3n) is 5.78. The van der Waals surface area contributed by atoms with Gasteiger partial charge in [-0.15, -0.1) is 0 Å². The van der Waals surface area contributed by atoms with Gasteiger partial charge in [0, 0.05) is 25.6 Å². The topological polar surface area (TPSA) is 60.8 Å². The Bertz CT molecular complexity index is 777. The number of allylic oxidation sites excluding steroid dienone is 3. The summed E-state index contributed by atoms with van der Waals surface area (Å²) in [6.45, 7) is 10.3. The van der Waals surface area contributed by atoms with Gasteiger partial charge in [-0.1, -0.05) is 43.6 Å². The number of phenolic OH excluding ortho intramolecular Hbond substituents is 2. The molecule has 0 saturated heterocycles. The second-order valence-electron chi connectivity index (χ2n) is 8.38. The largest absolute Gasteiger partial charge is 0.507 e. The molecule has 154 valence electrons. The molecule has 4 heteroatoms. The highest BCUT2D eigenvalue weighted by Gasteiger charge is 2.33. The average Bonchev–Trinajstić information content (AvgIpc) is 2.61. The zero-order valence-electron chi connectivity index (χ0n) is 18.0. The molecule has 0 spiro atoms. The second-order valence-corrected chi connectivity index (χ2v) is 8.38. The van der Waals surface area contributed by atoms with Gasteiger partial charge in [-0.25, -0.2) is 0 Å². The zero-order valence-corrected chi connectivity index (χ0v) is 18.0. The van der Waals surface area contributed by atoms with Crippen LogP contribution in [0.4, 0.5) is 0 Å². The lowest BCUT2D eigenvalue weighted by Gasteiger charge is -2.32. The SMILES string of the molecule is C=C(C)[C@@H]1CCC(C)=C[C@H]1c1c(O)cc(CCCCC)c(C(=O)N(C)C)c1O. The molecule has 0 bridgehead atoms. The van der Waals surface area contributed by atoms with Crippen LogP contribution in [0.25, 0.3) is 0 Å². The molecule has 0 radical (unpaired) electrons. The highest BCUT2D eigenvalue weighted by atomic mass is 16.3. The first-order chi connectivity index (χ1) is 13.2. The molecular weight excluding hydrogens is 350 g/mol. The van der Waals surface area contributed by atoms with Crippen LogP contribution in [0.5, 0.6) is 11.5 Å². The van der Waals surface area contributed by atoms with E-state index in [9.17, 15) is 15.0 Å². The fraction of sp³-hybridized carbons (Fsp3) is 0.542. The van der Waals surface area contributed by atoms with E-state index in [0.29, 0.717) is 23.1 Å². The van der Waals surface area contributed by atoms with Crippen LogP contribution in [0, 0.1) is 5.92 Å². The summed E-state index contributed by atoms with van der Waals surface area (Å²) in [4.78, 5) is 14.4. The summed E-state index contributed by atoms with van der Waals surface area (Å²) < 4.78 is 0. The smallest absolute Gasteiger partial charge is 0.257 e. The minimum atomic E-state index is -0.228. The van der Waals surface area contributed by atoms with Gasteiger partial charge in [0.25, 0.3) is 5.91 Å². The fourth-order valence-corrected chi connectivity index (χ4v) is 4.18. The van der Waals surface area contributed by atoms with Crippen molar-refractivity contribution in [3.05, 3.63) is 46.6 Å². The van der Waals surface area contributed by atoms with E-state index in [2.05, 4.69) is 26.5 Å². The highest BCUT2D eigenvalue weighted by molar-refractivity contribution is 5.99. The van der Waals surface area contributed by atoms with Gasteiger partial charge in [0.05, 0.1) is 5.56 Å². The molecule has 0 aromatic heterocycles. The summed E-state index contributed by atoms with van der Waals surface area (Å²) in [5.41, 5.74) is 3.76. The number of aryl methyl sites for hydroxylation is 1. The zero-order chi connectivity index (χ0) is 21.0. The third kappa shape index (κ3) is 4.60. The molecule has 2 rings (SSSR count). The summed E-state index contributed by atoms with van der Waals surface area (Å²) in [6.07, 6.45) is 7.70. The van der Waals surface area contributed by atoms with Gasteiger partial charge < -0.3 is 15.1 Å². The van der Waals surface area contributed by atoms with Gasteiger partial charge in [-0.3, -0.25) is 4.79 Å². The Morgan fingerprint density at radius 1 is 1.29 bits per heavy atom. The van der Waals surface area contributed by atoms with E-state index in [1.807, 2.05) is 6.92 Å². The molecule has 0 unspecified atom stereocenters. The Hall–Kier alpha value is -2.23. The lowest BCUT2D eigenvalue weighted by molar-refractivity contribution is 0.0823. The number of carbonyl (C=O) groups excluding carboxylic acids is 1. The minimum absolute atomic E-state index is 0.0708. The van der Waals surface area contributed by atoms with Gasteiger partial charge in [-0.05, 0) is 57.1 Å². The van der Waals surface area contributed by atoms with Crippen molar-refractivity contribution in [2.75, 3.05) is 14.1 Å². The molecular formula is C24H35NO3. The fourth-order valence-electron chi connectivity index (χ4n) is 4.18. The maximum absolute atomic E-state index is 12.9. The number of benzene rings is 1. The lowest BCUT2D eigenvalue weighted by atomic mass is 9.73. The van der Waals surface area contributed by atoms with Crippen LogP contribution in [-0.4, -0.2) is 35.1 Å². The van der Waals surface area contributed by atoms with E-state index in [4.69, 9.17) is 0 Å². The van der Waals surface area contributed by atoms with Crippen molar-refractivity contribution < 1.29 is 15.0 Å². The number of carbonyl (C=O) groups is 1. The molecule has 1 aliphatic carbocycles. The maximum atomic E-state index is 12.9. The molecule has 0 aliphatic heterocycles. The number of nitrogens with zero attached hydrogens (tertiary/aromatic N) is 1. The number of hydrogen-bond acceptors (Lipinski definition) is 3. The standard InChI is InChI=1S/C24H35NO3/c1-7-8-9-10-17-14-20(26)22(23(27)21(17)24(28)25(5)6)19-13-16(4)11-12-18(19)15(2)3/h13-14,18-19,26-27H,2,7-12H2,1,3-6H3/t18-,19+/m0/s1. The van der Waals surface area contributed by atoms with E-state index in [0.717, 1.165) is 37.7 Å². The van der Waals surface area contributed by atoms with Gasteiger partial charge in [-0.2, -0.15) is 0 Å². The van der Waals surface area contributed by atoms with Crippen molar-refractivity contribution >= 4 is 5.91 Å². The molecule has 0 heterocycles. The van der Waals surface area contributed by atoms with Crippen LogP contribution in [0.1, 0.15) is 80.3 Å². The van der Waals surface area contributed by atoms with E-state index in [1.54, 1.807) is 20.2 Å². The van der Waals surface area contributed by atoms with Crippen LogP contribution in [-0.2, 0) is 6.42 Å². The van der Waals surface area contributed by atoms with Crippen LogP contribution >= 0.6 is 0 Å². The van der Waals surface area contributed by atoms with Crippen molar-refractivity contribution in [2.45, 2.75) is 65.2 Å². The van der Waals surface area contributed by atoms with E-state index in [-0.39, 0.29) is 29.2 Å². The Labute approximate surface area is 169 Å². The Morgan fingerprint density at radius 3 is 2.54 bits per heavy atom. The Kier molecular flexibility index (Phi) is 7.34. The molecule has 4 nitrogen and oxygen atoms in total. The van der Waals surface area contributed by atoms with Crippen LogP contribution in [0.15, 0.2) is 29.9 Å². The summed E-state index contributed by atoms with van der Waals surface area (Å²) in [6, 6.07) is 1.69. The first kappa shape index (κ1) is 22.1. The van der Waals surface area contributed by atoms with Crippen LogP contribution < -0.4 is 0 Å². The molecule has 1 aromatic carbocycles. The normalized spacial score (nSPS) is 19.2. The number of hydrogen-bond donors (Lipinski definition) is 2. The predicted octanol–water partition coefficient (Wildman–Crippen LogP) is 5.55. The first-order valence-electron chi connectivity index (χ1n) is 10.3. The number of amides is 1. The van der Waals surface area contributed by atoms with Crippen LogP contribution in [0.2, 0.25) is 0 Å². The summed E-state index contributed by atoms with van der Waals surface area (Å²) in [5.74, 6) is -0.277. The Balaban J connectivity index is 2.64. The Morgan fingerprint density at radius 2 is 1.96 bits per heavy atom. The quantitative estimate of drug-likeness (QED) is 0.478. The van der Waals surface area contributed by atoms with Gasteiger partial charge in [0.2, 0.25) is 0 Å². The molecule has 2 atom stereocenters. The van der Waals surface area contributed by atoms with Gasteiger partial charge >= 0.3 is 0 Å². The second kappa shape index (κ2) is 9.31. The summed E-state index contributed by atoms with van der Waals surface area (Å²) in [5, 5.41) is 22.1. The van der Waals surface area contributed by atoms with Crippen molar-refractivity contribution in [2.24, 2.45) is 5.92 Å². The third-order valence-corrected chi connectivity index (χ3v) is 5.78. The molecule has 28 heavy (non-hydrogen) atoms. The van der Waals surface area contributed by atoms with Crippen molar-refractivity contribution in [1.82, 2.24) is 4.90 Å². The van der Waals surface area contributed by atoms with E-state index >= 15 is 0 Å². The maximum Gasteiger partial charge on any atom is 0.257 e. The van der Waals surface area contributed by atoms with Crippen molar-refractivity contribution in [3.63, 3.8) is 0 Å². The lowest BCUT2D eigenvalue weighted by Crippen LogP contribution is -2.24. The van der Waals surface area contributed by atoms with Gasteiger partial charge in [0.15, 0.2) is 0 Å². The van der Waals surface area contributed by atoms with E-state index < -0.39 is 0 Å². The molecule has 2 N–H and O–H groups in total. The predicted molar refractivity (Wildman–Crippen MR) is 115 cm³/mol. The molecule has 1 aromatic rings. The van der Waals surface area contributed by atoms with Crippen molar-refractivity contribution in [1.29, 1.82) is 0 Å². The molecule has 1 aliphatic rings. The van der Waals surface area contributed by atoms with Crippen LogP contribution in [0.3, 0.4) is 0 Å². The molecule has 1 amide bonds. The summed E-state index contributed by atoms with van der Waals surface area (Å²) in [7, 11) is 3.37. The number of aromatic hydroxyl groups is 2. The minimum Gasteiger partial charge on any atom is -0.507 e. The number of phenols is 2. The monoisotopic (exact) mass is 385 g/mol. The highest BCUT2D eigenvalue weighted by Crippen LogP contribution is 2.48. The van der Waals surface area contributed by atoms with Crippen molar-refractivity contribution in [3.8, 4) is 11.5 Å². The average molecular weight is 386 g/mol. The molecule has 0 fully saturated rings. The first-order valence-corrected chi connectivity index (χ1v) is 10.3. The number of rotatable bonds is 7. The number of unbranched alkanes of at least 4 members (excludes halogenated alkanes) is 2. The van der Waals surface area contributed by atoms with E-state index in [1.165, 1.54) is 10.5 Å².